The number of H-pyrrole nitrogens is 1. The Balaban J connectivity index is 2.59. The Labute approximate surface area is 71.7 Å². The molecule has 1 aromatic heterocycles. The molecule has 0 bridgehead atoms. The Morgan fingerprint density at radius 3 is 3.00 bits per heavy atom. The summed E-state index contributed by atoms with van der Waals surface area (Å²) in [6.45, 7) is 4.06. The maximum Gasteiger partial charge on any atom is 0.314 e. The molecule has 0 spiro atoms. The zero-order valence-corrected chi connectivity index (χ0v) is 7.33. The van der Waals surface area contributed by atoms with Gasteiger partial charge in [0.2, 0.25) is 0 Å². The van der Waals surface area contributed by atoms with Crippen molar-refractivity contribution in [2.75, 3.05) is 6.61 Å². The van der Waals surface area contributed by atoms with Crippen molar-refractivity contribution in [3.05, 3.63) is 24.0 Å². The summed E-state index contributed by atoms with van der Waals surface area (Å²) in [6.07, 6.45) is 1.80. The first-order chi connectivity index (χ1) is 5.75. The molecule has 0 aliphatic heterocycles. The molecular formula is C9H13NO2. The summed E-state index contributed by atoms with van der Waals surface area (Å²) >= 11 is 0. The third-order valence-corrected chi connectivity index (χ3v) is 1.73. The molecule has 0 saturated heterocycles. The van der Waals surface area contributed by atoms with Crippen molar-refractivity contribution in [1.29, 1.82) is 0 Å². The lowest BCUT2D eigenvalue weighted by atomic mass is 10.1. The predicted octanol–water partition coefficient (Wildman–Crippen LogP) is 1.68. The molecule has 12 heavy (non-hydrogen) atoms. The van der Waals surface area contributed by atoms with Crippen LogP contribution in [0.5, 0.6) is 0 Å². The van der Waals surface area contributed by atoms with Crippen LogP contribution < -0.4 is 0 Å². The van der Waals surface area contributed by atoms with Crippen LogP contribution in [0.1, 0.15) is 25.5 Å². The number of aromatic amines is 1. The van der Waals surface area contributed by atoms with E-state index in [9.17, 15) is 4.79 Å². The number of hydrogen-bond donors (Lipinski definition) is 1. The van der Waals surface area contributed by atoms with Gasteiger partial charge in [-0.15, -0.1) is 0 Å². The van der Waals surface area contributed by atoms with Gasteiger partial charge >= 0.3 is 5.97 Å². The standard InChI is InChI=1S/C9H13NO2/c1-3-12-9(11)7(2)8-5-4-6-10-8/h4-7,10H,3H2,1-2H3. The molecule has 0 aliphatic rings. The van der Waals surface area contributed by atoms with Gasteiger partial charge in [-0.2, -0.15) is 0 Å². The van der Waals surface area contributed by atoms with Crippen LogP contribution in [-0.2, 0) is 9.53 Å². The normalized spacial score (nSPS) is 12.5. The molecule has 1 unspecified atom stereocenters. The summed E-state index contributed by atoms with van der Waals surface area (Å²) in [6, 6.07) is 3.74. The summed E-state index contributed by atoms with van der Waals surface area (Å²) < 4.78 is 4.87. The fraction of sp³-hybridized carbons (Fsp3) is 0.444. The number of rotatable bonds is 3. The first-order valence-corrected chi connectivity index (χ1v) is 4.05. The molecule has 1 atom stereocenters. The number of nitrogens with one attached hydrogen (secondary N) is 1. The summed E-state index contributed by atoms with van der Waals surface area (Å²) in [7, 11) is 0. The molecule has 0 saturated carbocycles. The maximum atomic E-state index is 11.2. The number of hydrogen-bond acceptors (Lipinski definition) is 2. The first kappa shape index (κ1) is 8.84. The summed E-state index contributed by atoms with van der Waals surface area (Å²) in [5, 5.41) is 0. The highest BCUT2D eigenvalue weighted by Crippen LogP contribution is 2.13. The highest BCUT2D eigenvalue weighted by atomic mass is 16.5. The van der Waals surface area contributed by atoms with Crippen LogP contribution in [0.2, 0.25) is 0 Å². The molecule has 0 radical (unpaired) electrons. The van der Waals surface area contributed by atoms with Crippen LogP contribution in [0.3, 0.4) is 0 Å². The van der Waals surface area contributed by atoms with Crippen molar-refractivity contribution < 1.29 is 9.53 Å². The Bertz CT molecular complexity index is 241. The van der Waals surface area contributed by atoms with E-state index in [4.69, 9.17) is 4.74 Å². The SMILES string of the molecule is CCOC(=O)C(C)c1ccc[nH]1. The van der Waals surface area contributed by atoms with E-state index in [-0.39, 0.29) is 11.9 Å². The second-order valence-corrected chi connectivity index (χ2v) is 2.60. The van der Waals surface area contributed by atoms with Gasteiger partial charge in [0.1, 0.15) is 0 Å². The van der Waals surface area contributed by atoms with Crippen molar-refractivity contribution in [2.45, 2.75) is 19.8 Å². The zero-order chi connectivity index (χ0) is 8.97. The van der Waals surface area contributed by atoms with E-state index in [2.05, 4.69) is 4.98 Å². The van der Waals surface area contributed by atoms with Crippen LogP contribution >= 0.6 is 0 Å². The van der Waals surface area contributed by atoms with E-state index in [1.54, 1.807) is 13.1 Å². The molecule has 0 amide bonds. The largest absolute Gasteiger partial charge is 0.465 e. The highest BCUT2D eigenvalue weighted by molar-refractivity contribution is 5.77. The number of esters is 1. The van der Waals surface area contributed by atoms with Gasteiger partial charge in [-0.3, -0.25) is 4.79 Å². The van der Waals surface area contributed by atoms with Crippen LogP contribution in [-0.4, -0.2) is 17.6 Å². The van der Waals surface area contributed by atoms with Crippen LogP contribution in [0.15, 0.2) is 18.3 Å². The molecule has 66 valence electrons. The lowest BCUT2D eigenvalue weighted by Crippen LogP contribution is -2.13. The van der Waals surface area contributed by atoms with Gasteiger partial charge in [0, 0.05) is 11.9 Å². The van der Waals surface area contributed by atoms with Gasteiger partial charge in [0.15, 0.2) is 0 Å². The van der Waals surface area contributed by atoms with Crippen molar-refractivity contribution in [3.8, 4) is 0 Å². The third-order valence-electron chi connectivity index (χ3n) is 1.73. The minimum Gasteiger partial charge on any atom is -0.465 e. The molecule has 0 aliphatic carbocycles. The van der Waals surface area contributed by atoms with Crippen molar-refractivity contribution in [1.82, 2.24) is 4.98 Å². The molecule has 0 fully saturated rings. The average Bonchev–Trinajstić information content (AvgIpc) is 2.55. The Kier molecular flexibility index (Phi) is 2.91. The van der Waals surface area contributed by atoms with Gasteiger partial charge in [-0.05, 0) is 26.0 Å². The Morgan fingerprint density at radius 1 is 1.75 bits per heavy atom. The topological polar surface area (TPSA) is 42.1 Å². The monoisotopic (exact) mass is 167 g/mol. The second kappa shape index (κ2) is 3.95. The second-order valence-electron chi connectivity index (χ2n) is 2.60. The quantitative estimate of drug-likeness (QED) is 0.696. The maximum absolute atomic E-state index is 11.2. The van der Waals surface area contributed by atoms with E-state index in [1.807, 2.05) is 19.1 Å². The number of carbonyl (C=O) groups is 1. The summed E-state index contributed by atoms with van der Waals surface area (Å²) in [5.41, 5.74) is 0.897. The number of ether oxygens (including phenoxy) is 1. The average molecular weight is 167 g/mol. The lowest BCUT2D eigenvalue weighted by Gasteiger charge is -2.07. The van der Waals surface area contributed by atoms with Gasteiger partial charge in [-0.1, -0.05) is 0 Å². The molecule has 0 aromatic carbocycles. The van der Waals surface area contributed by atoms with Crippen molar-refractivity contribution in [2.24, 2.45) is 0 Å². The lowest BCUT2D eigenvalue weighted by molar-refractivity contribution is -0.144. The van der Waals surface area contributed by atoms with E-state index in [1.165, 1.54) is 0 Å². The molecule has 1 aromatic rings. The zero-order valence-electron chi connectivity index (χ0n) is 7.33. The molecule has 1 heterocycles. The van der Waals surface area contributed by atoms with Gasteiger partial charge < -0.3 is 9.72 Å². The molecule has 3 heteroatoms. The molecular weight excluding hydrogens is 154 g/mol. The number of carbonyl (C=O) groups excluding carboxylic acids is 1. The van der Waals surface area contributed by atoms with Crippen molar-refractivity contribution in [3.63, 3.8) is 0 Å². The van der Waals surface area contributed by atoms with Crippen molar-refractivity contribution >= 4 is 5.97 Å². The van der Waals surface area contributed by atoms with Gasteiger partial charge in [0.25, 0.3) is 0 Å². The highest BCUT2D eigenvalue weighted by Gasteiger charge is 2.16. The first-order valence-electron chi connectivity index (χ1n) is 4.05. The molecule has 1 rings (SSSR count). The Hall–Kier alpha value is -1.25. The Morgan fingerprint density at radius 2 is 2.50 bits per heavy atom. The minimum atomic E-state index is -0.194. The van der Waals surface area contributed by atoms with Gasteiger partial charge in [0.05, 0.1) is 12.5 Å². The van der Waals surface area contributed by atoms with Crippen LogP contribution in [0.4, 0.5) is 0 Å². The van der Waals surface area contributed by atoms with Crippen LogP contribution in [0, 0.1) is 0 Å². The minimum absolute atomic E-state index is 0.181. The van der Waals surface area contributed by atoms with E-state index in [0.717, 1.165) is 5.69 Å². The van der Waals surface area contributed by atoms with E-state index < -0.39 is 0 Å². The molecule has 3 nitrogen and oxygen atoms in total. The van der Waals surface area contributed by atoms with Gasteiger partial charge in [-0.25, -0.2) is 0 Å². The van der Waals surface area contributed by atoms with Crippen LogP contribution in [0.25, 0.3) is 0 Å². The smallest absolute Gasteiger partial charge is 0.314 e. The summed E-state index contributed by atoms with van der Waals surface area (Å²) in [5.74, 6) is -0.375. The fourth-order valence-corrected chi connectivity index (χ4v) is 1.01. The third kappa shape index (κ3) is 1.87. The van der Waals surface area contributed by atoms with E-state index >= 15 is 0 Å². The van der Waals surface area contributed by atoms with E-state index in [0.29, 0.717) is 6.61 Å². The number of aromatic nitrogens is 1. The predicted molar refractivity (Wildman–Crippen MR) is 45.8 cm³/mol. The molecule has 1 N–H and O–H groups in total. The summed E-state index contributed by atoms with van der Waals surface area (Å²) in [4.78, 5) is 14.2. The fourth-order valence-electron chi connectivity index (χ4n) is 1.01.